The van der Waals surface area contributed by atoms with E-state index in [4.69, 9.17) is 9.47 Å². The quantitative estimate of drug-likeness (QED) is 0.536. The Morgan fingerprint density at radius 1 is 1.03 bits per heavy atom. The van der Waals surface area contributed by atoms with E-state index >= 15 is 0 Å². The molecular weight excluding hydrogens is 454 g/mol. The molecule has 5 rings (SSSR count). The Bertz CT molecular complexity index is 1220. The third-order valence-corrected chi connectivity index (χ3v) is 6.28. The zero-order valence-electron chi connectivity index (χ0n) is 20.3. The number of hydrogen-bond donors (Lipinski definition) is 2. The number of rotatable bonds is 4. The molecule has 1 aromatic heterocycles. The van der Waals surface area contributed by atoms with Gasteiger partial charge in [-0.2, -0.15) is 0 Å². The minimum Gasteiger partial charge on any atom is -0.492 e. The maximum absolute atomic E-state index is 12.6. The molecule has 8 heteroatoms. The van der Waals surface area contributed by atoms with Gasteiger partial charge >= 0.3 is 0 Å². The van der Waals surface area contributed by atoms with Crippen molar-refractivity contribution in [1.29, 1.82) is 0 Å². The third kappa shape index (κ3) is 6.27. The topological polar surface area (TPSA) is 88.6 Å². The van der Waals surface area contributed by atoms with Crippen molar-refractivity contribution in [3.63, 3.8) is 0 Å². The van der Waals surface area contributed by atoms with Gasteiger partial charge in [0.1, 0.15) is 12.4 Å². The number of hydrogen-bond acceptors (Lipinski definition) is 7. The van der Waals surface area contributed by atoms with Crippen molar-refractivity contribution < 1.29 is 14.3 Å². The van der Waals surface area contributed by atoms with Crippen LogP contribution in [0.3, 0.4) is 0 Å². The van der Waals surface area contributed by atoms with Gasteiger partial charge in [0.15, 0.2) is 0 Å². The molecule has 0 unspecified atom stereocenters. The normalized spacial score (nSPS) is 17.4. The van der Waals surface area contributed by atoms with E-state index in [1.807, 2.05) is 54.6 Å². The summed E-state index contributed by atoms with van der Waals surface area (Å²) in [5, 5.41) is 6.21. The summed E-state index contributed by atoms with van der Waals surface area (Å²) in [5.41, 5.74) is 3.96. The monoisotopic (exact) mass is 485 g/mol. The first-order valence-electron chi connectivity index (χ1n) is 12.4. The van der Waals surface area contributed by atoms with Gasteiger partial charge in [-0.3, -0.25) is 9.69 Å². The van der Waals surface area contributed by atoms with E-state index < -0.39 is 0 Å². The van der Waals surface area contributed by atoms with Crippen molar-refractivity contribution in [1.82, 2.24) is 20.2 Å². The number of aromatic nitrogens is 2. The molecule has 0 aliphatic carbocycles. The van der Waals surface area contributed by atoms with Crippen LogP contribution < -0.4 is 15.4 Å². The first-order chi connectivity index (χ1) is 17.7. The molecule has 2 aliphatic heterocycles. The Hall–Kier alpha value is -3.75. The number of fused-ring (bicyclic) bond motifs is 7. The third-order valence-electron chi connectivity index (χ3n) is 6.28. The number of anilines is 2. The van der Waals surface area contributed by atoms with Crippen LogP contribution in [0.1, 0.15) is 28.8 Å². The Labute approximate surface area is 211 Å². The van der Waals surface area contributed by atoms with Gasteiger partial charge in [-0.25, -0.2) is 9.97 Å². The van der Waals surface area contributed by atoms with E-state index in [9.17, 15) is 4.79 Å². The van der Waals surface area contributed by atoms with Crippen molar-refractivity contribution in [3.05, 3.63) is 78.0 Å². The SMILES string of the molecule is O=C1NC/C=C/COCc2cc(ccc2OCCN2CCCC2)Nc2nccc(n2)-c2cccc1c2. The molecule has 0 atom stereocenters. The van der Waals surface area contributed by atoms with Crippen molar-refractivity contribution in [2.75, 3.05) is 44.7 Å². The van der Waals surface area contributed by atoms with Crippen LogP contribution in [0, 0.1) is 0 Å². The van der Waals surface area contributed by atoms with Gasteiger partial charge < -0.3 is 20.1 Å². The van der Waals surface area contributed by atoms with E-state index in [0.29, 0.717) is 37.9 Å². The lowest BCUT2D eigenvalue weighted by Crippen LogP contribution is -2.25. The van der Waals surface area contributed by atoms with Crippen molar-refractivity contribution in [2.24, 2.45) is 0 Å². The zero-order valence-corrected chi connectivity index (χ0v) is 20.3. The lowest BCUT2D eigenvalue weighted by Gasteiger charge is -2.17. The second kappa shape index (κ2) is 11.8. The fraction of sp³-hybridized carbons (Fsp3) is 0.321. The fourth-order valence-electron chi connectivity index (χ4n) is 4.37. The van der Waals surface area contributed by atoms with E-state index in [1.54, 1.807) is 12.3 Å². The molecule has 186 valence electrons. The van der Waals surface area contributed by atoms with Crippen LogP contribution >= 0.6 is 0 Å². The van der Waals surface area contributed by atoms with Crippen LogP contribution in [0.5, 0.6) is 5.75 Å². The zero-order chi connectivity index (χ0) is 24.6. The highest BCUT2D eigenvalue weighted by Crippen LogP contribution is 2.26. The first-order valence-corrected chi connectivity index (χ1v) is 12.4. The average Bonchev–Trinajstić information content (AvgIpc) is 3.42. The predicted octanol–water partition coefficient (Wildman–Crippen LogP) is 4.18. The fourth-order valence-corrected chi connectivity index (χ4v) is 4.37. The number of carbonyl (C=O) groups is 1. The molecule has 1 amide bonds. The lowest BCUT2D eigenvalue weighted by molar-refractivity contribution is 0.0957. The standard InChI is InChI=1S/C28H31N5O3/c34-27-22-7-5-6-21(18-22)25-10-12-30-28(32-25)31-24-8-9-26(36-17-15-33-13-2-3-14-33)23(19-24)20-35-16-4-1-11-29-27/h1,4-10,12,18-19H,2-3,11,13-17,20H2,(H,29,34)(H,30,31,32)/b4-1+. The molecule has 3 heterocycles. The second-order valence-electron chi connectivity index (χ2n) is 8.89. The average molecular weight is 486 g/mol. The van der Waals surface area contributed by atoms with Gasteiger partial charge in [0.2, 0.25) is 5.95 Å². The molecular formula is C28H31N5O3. The van der Waals surface area contributed by atoms with Gasteiger partial charge in [0.25, 0.3) is 5.91 Å². The molecule has 0 spiro atoms. The number of nitrogens with one attached hydrogen (secondary N) is 2. The van der Waals surface area contributed by atoms with Gasteiger partial charge in [-0.05, 0) is 62.3 Å². The van der Waals surface area contributed by atoms with Crippen LogP contribution in [0.2, 0.25) is 0 Å². The van der Waals surface area contributed by atoms with Gasteiger partial charge in [-0.15, -0.1) is 0 Å². The molecule has 8 nitrogen and oxygen atoms in total. The molecule has 1 fully saturated rings. The van der Waals surface area contributed by atoms with E-state index in [-0.39, 0.29) is 5.91 Å². The summed E-state index contributed by atoms with van der Waals surface area (Å²) in [6.07, 6.45) is 8.05. The lowest BCUT2D eigenvalue weighted by atomic mass is 10.1. The summed E-state index contributed by atoms with van der Waals surface area (Å²) in [6.45, 7) is 5.13. The van der Waals surface area contributed by atoms with Crippen molar-refractivity contribution in [3.8, 4) is 17.0 Å². The number of carbonyl (C=O) groups excluding carboxylic acids is 1. The van der Waals surface area contributed by atoms with Crippen LogP contribution in [0.15, 0.2) is 66.9 Å². The molecule has 0 radical (unpaired) electrons. The minimum atomic E-state index is -0.137. The number of ether oxygens (including phenoxy) is 2. The van der Waals surface area contributed by atoms with Gasteiger partial charge in [0, 0.05) is 41.7 Å². The van der Waals surface area contributed by atoms with Gasteiger partial charge in [0.05, 0.1) is 18.9 Å². The maximum Gasteiger partial charge on any atom is 0.251 e. The summed E-state index contributed by atoms with van der Waals surface area (Å²) in [6, 6.07) is 15.2. The Kier molecular flexibility index (Phi) is 7.85. The van der Waals surface area contributed by atoms with Crippen molar-refractivity contribution in [2.45, 2.75) is 19.4 Å². The van der Waals surface area contributed by atoms with Crippen LogP contribution in [-0.2, 0) is 11.3 Å². The summed E-state index contributed by atoms with van der Waals surface area (Å²) in [4.78, 5) is 24.1. The number of benzene rings is 2. The Morgan fingerprint density at radius 3 is 2.83 bits per heavy atom. The predicted molar refractivity (Wildman–Crippen MR) is 139 cm³/mol. The van der Waals surface area contributed by atoms with Crippen LogP contribution in [0.25, 0.3) is 11.3 Å². The van der Waals surface area contributed by atoms with E-state index in [0.717, 1.165) is 47.9 Å². The summed E-state index contributed by atoms with van der Waals surface area (Å²) in [5.74, 6) is 1.15. The van der Waals surface area contributed by atoms with Crippen LogP contribution in [-0.4, -0.2) is 60.2 Å². The molecule has 2 N–H and O–H groups in total. The molecule has 6 bridgehead atoms. The summed E-state index contributed by atoms with van der Waals surface area (Å²) in [7, 11) is 0. The van der Waals surface area contributed by atoms with E-state index in [2.05, 4.69) is 25.5 Å². The largest absolute Gasteiger partial charge is 0.492 e. The highest BCUT2D eigenvalue weighted by Gasteiger charge is 2.13. The molecule has 3 aromatic rings. The number of likely N-dealkylation sites (tertiary alicyclic amines) is 1. The molecule has 2 aromatic carbocycles. The number of amides is 1. The molecule has 2 aliphatic rings. The summed E-state index contributed by atoms with van der Waals surface area (Å²) >= 11 is 0. The molecule has 0 saturated carbocycles. The molecule has 1 saturated heterocycles. The van der Waals surface area contributed by atoms with Gasteiger partial charge in [-0.1, -0.05) is 24.3 Å². The van der Waals surface area contributed by atoms with Crippen molar-refractivity contribution >= 4 is 17.5 Å². The highest BCUT2D eigenvalue weighted by atomic mass is 16.5. The first kappa shape index (κ1) is 24.0. The minimum absolute atomic E-state index is 0.137. The highest BCUT2D eigenvalue weighted by molar-refractivity contribution is 5.95. The Balaban J connectivity index is 1.39. The number of nitrogens with zero attached hydrogens (tertiary/aromatic N) is 3. The smallest absolute Gasteiger partial charge is 0.251 e. The Morgan fingerprint density at radius 2 is 1.92 bits per heavy atom. The second-order valence-corrected chi connectivity index (χ2v) is 8.89. The van der Waals surface area contributed by atoms with E-state index in [1.165, 1.54) is 12.8 Å². The molecule has 36 heavy (non-hydrogen) atoms. The summed E-state index contributed by atoms with van der Waals surface area (Å²) < 4.78 is 12.0. The maximum atomic E-state index is 12.6. The van der Waals surface area contributed by atoms with Crippen LogP contribution in [0.4, 0.5) is 11.6 Å².